The van der Waals surface area contributed by atoms with Crippen LogP contribution in [0.4, 0.5) is 0 Å². The third kappa shape index (κ3) is 5.06. The second-order valence-electron chi connectivity index (χ2n) is 6.71. The van der Waals surface area contributed by atoms with Gasteiger partial charge >= 0.3 is 0 Å². The molecule has 0 amide bonds. The molecule has 1 aliphatic carbocycles. The van der Waals surface area contributed by atoms with Gasteiger partial charge in [0.1, 0.15) is 5.82 Å². The Labute approximate surface area is 130 Å². The van der Waals surface area contributed by atoms with Crippen molar-refractivity contribution < 1.29 is 0 Å². The van der Waals surface area contributed by atoms with Crippen LogP contribution in [0.15, 0.2) is 0 Å². The van der Waals surface area contributed by atoms with Crippen LogP contribution in [0, 0.1) is 11.8 Å². The topological polar surface area (TPSA) is 37.8 Å². The van der Waals surface area contributed by atoms with Gasteiger partial charge in [-0.1, -0.05) is 27.7 Å². The van der Waals surface area contributed by atoms with Gasteiger partial charge < -0.3 is 5.32 Å². The summed E-state index contributed by atoms with van der Waals surface area (Å²) < 4.78 is 0. The van der Waals surface area contributed by atoms with E-state index in [1.165, 1.54) is 29.8 Å². The highest BCUT2D eigenvalue weighted by Gasteiger charge is 2.23. The molecule has 0 spiro atoms. The Kier molecular flexibility index (Phi) is 6.16. The number of nitrogens with one attached hydrogen (secondary N) is 1. The first-order valence-electron chi connectivity index (χ1n) is 8.72. The van der Waals surface area contributed by atoms with Crippen LogP contribution in [0.25, 0.3) is 0 Å². The summed E-state index contributed by atoms with van der Waals surface area (Å²) in [6.07, 6.45) is 6.92. The molecule has 1 N–H and O–H groups in total. The molecule has 3 heteroatoms. The molecule has 0 aromatic carbocycles. The van der Waals surface area contributed by atoms with Crippen LogP contribution < -0.4 is 5.32 Å². The number of rotatable bonds is 9. The minimum atomic E-state index is 0.707. The molecule has 118 valence electrons. The fourth-order valence-electron chi connectivity index (χ4n) is 2.79. The van der Waals surface area contributed by atoms with E-state index in [4.69, 9.17) is 9.97 Å². The normalized spacial score (nSPS) is 14.9. The monoisotopic (exact) mass is 289 g/mol. The maximum Gasteiger partial charge on any atom is 0.129 e. The molecule has 2 rings (SSSR count). The van der Waals surface area contributed by atoms with Gasteiger partial charge in [0.25, 0.3) is 0 Å². The Hall–Kier alpha value is -0.960. The summed E-state index contributed by atoms with van der Waals surface area (Å²) in [5, 5.41) is 3.54. The van der Waals surface area contributed by atoms with Crippen molar-refractivity contribution >= 4 is 0 Å². The van der Waals surface area contributed by atoms with E-state index in [-0.39, 0.29) is 0 Å². The Balaban J connectivity index is 2.06. The molecule has 0 unspecified atom stereocenters. The molecule has 0 aliphatic heterocycles. The summed E-state index contributed by atoms with van der Waals surface area (Å²) in [7, 11) is 0. The van der Waals surface area contributed by atoms with Crippen molar-refractivity contribution in [3.8, 4) is 0 Å². The highest BCUT2D eigenvalue weighted by atomic mass is 14.9. The van der Waals surface area contributed by atoms with Gasteiger partial charge in [0.05, 0.1) is 0 Å². The maximum atomic E-state index is 4.85. The van der Waals surface area contributed by atoms with Gasteiger partial charge in [0.2, 0.25) is 0 Å². The molecule has 1 aromatic rings. The van der Waals surface area contributed by atoms with Gasteiger partial charge in [-0.15, -0.1) is 0 Å². The molecule has 21 heavy (non-hydrogen) atoms. The predicted molar refractivity (Wildman–Crippen MR) is 88.6 cm³/mol. The van der Waals surface area contributed by atoms with Crippen molar-refractivity contribution in [2.45, 2.75) is 66.2 Å². The number of hydrogen-bond acceptors (Lipinski definition) is 3. The maximum absolute atomic E-state index is 4.85. The summed E-state index contributed by atoms with van der Waals surface area (Å²) in [5.74, 6) is 2.65. The lowest BCUT2D eigenvalue weighted by molar-refractivity contribution is 0.552. The molecule has 0 atom stereocenters. The fourth-order valence-corrected chi connectivity index (χ4v) is 2.79. The van der Waals surface area contributed by atoms with Crippen molar-refractivity contribution in [3.05, 3.63) is 22.8 Å². The Morgan fingerprint density at radius 3 is 2.19 bits per heavy atom. The summed E-state index contributed by atoms with van der Waals surface area (Å²) in [4.78, 5) is 9.71. The molecule has 1 fully saturated rings. The van der Waals surface area contributed by atoms with Crippen LogP contribution in [-0.2, 0) is 25.7 Å². The summed E-state index contributed by atoms with van der Waals surface area (Å²) in [5.41, 5.74) is 3.96. The molecule has 1 saturated carbocycles. The smallest absolute Gasteiger partial charge is 0.129 e. The van der Waals surface area contributed by atoms with E-state index in [0.29, 0.717) is 5.92 Å². The van der Waals surface area contributed by atoms with E-state index in [1.54, 1.807) is 0 Å². The number of hydrogen-bond donors (Lipinski definition) is 1. The molecular weight excluding hydrogens is 258 g/mol. The zero-order chi connectivity index (χ0) is 15.2. The van der Waals surface area contributed by atoms with Gasteiger partial charge in [-0.05, 0) is 62.6 Å². The quantitative estimate of drug-likeness (QED) is 0.709. The van der Waals surface area contributed by atoms with Crippen molar-refractivity contribution in [3.63, 3.8) is 0 Å². The SMILES string of the molecule is CCc1nc(CC2CC2)nc(CC)c1CCNCC(C)C. The van der Waals surface area contributed by atoms with E-state index in [1.807, 2.05) is 0 Å². The zero-order valence-electron chi connectivity index (χ0n) is 14.2. The second kappa shape index (κ2) is 7.88. The van der Waals surface area contributed by atoms with Crippen LogP contribution in [0.1, 0.15) is 63.3 Å². The van der Waals surface area contributed by atoms with Crippen LogP contribution in [-0.4, -0.2) is 23.1 Å². The van der Waals surface area contributed by atoms with Crippen molar-refractivity contribution in [2.75, 3.05) is 13.1 Å². The number of nitrogens with zero attached hydrogens (tertiary/aromatic N) is 2. The molecular formula is C18H31N3. The summed E-state index contributed by atoms with van der Waals surface area (Å²) in [6, 6.07) is 0. The molecule has 1 heterocycles. The second-order valence-corrected chi connectivity index (χ2v) is 6.71. The minimum absolute atomic E-state index is 0.707. The van der Waals surface area contributed by atoms with Crippen LogP contribution >= 0.6 is 0 Å². The van der Waals surface area contributed by atoms with Crippen LogP contribution in [0.3, 0.4) is 0 Å². The summed E-state index contributed by atoms with van der Waals surface area (Å²) >= 11 is 0. The Morgan fingerprint density at radius 1 is 1.10 bits per heavy atom. The lowest BCUT2D eigenvalue weighted by Crippen LogP contribution is -2.23. The first-order chi connectivity index (χ1) is 10.1. The van der Waals surface area contributed by atoms with E-state index in [9.17, 15) is 0 Å². The van der Waals surface area contributed by atoms with Gasteiger partial charge in [0.15, 0.2) is 0 Å². The minimum Gasteiger partial charge on any atom is -0.316 e. The lowest BCUT2D eigenvalue weighted by atomic mass is 10.0. The van der Waals surface area contributed by atoms with Crippen molar-refractivity contribution in [2.24, 2.45) is 11.8 Å². The average Bonchev–Trinajstić information content (AvgIpc) is 3.27. The third-order valence-corrected chi connectivity index (χ3v) is 4.17. The van der Waals surface area contributed by atoms with Crippen LogP contribution in [0.2, 0.25) is 0 Å². The molecule has 3 nitrogen and oxygen atoms in total. The first-order valence-corrected chi connectivity index (χ1v) is 8.72. The van der Waals surface area contributed by atoms with Crippen LogP contribution in [0.5, 0.6) is 0 Å². The molecule has 0 bridgehead atoms. The largest absolute Gasteiger partial charge is 0.316 e. The van der Waals surface area contributed by atoms with Crippen molar-refractivity contribution in [1.82, 2.24) is 15.3 Å². The van der Waals surface area contributed by atoms with Gasteiger partial charge in [0, 0.05) is 17.8 Å². The van der Waals surface area contributed by atoms with Gasteiger partial charge in [-0.25, -0.2) is 9.97 Å². The Bertz CT molecular complexity index is 425. The first kappa shape index (κ1) is 16.4. The standard InChI is InChI=1S/C18H31N3/c1-5-16-15(9-10-19-12-13(3)4)17(6-2)21-18(20-16)11-14-7-8-14/h13-14,19H,5-12H2,1-4H3. The zero-order valence-corrected chi connectivity index (χ0v) is 14.2. The Morgan fingerprint density at radius 2 is 1.71 bits per heavy atom. The van der Waals surface area contributed by atoms with Crippen molar-refractivity contribution in [1.29, 1.82) is 0 Å². The van der Waals surface area contributed by atoms with E-state index in [0.717, 1.165) is 50.5 Å². The molecule has 0 radical (unpaired) electrons. The third-order valence-electron chi connectivity index (χ3n) is 4.17. The van der Waals surface area contributed by atoms with E-state index in [2.05, 4.69) is 33.0 Å². The average molecular weight is 289 g/mol. The number of aryl methyl sites for hydroxylation is 2. The highest BCUT2D eigenvalue weighted by Crippen LogP contribution is 2.32. The van der Waals surface area contributed by atoms with Gasteiger partial charge in [-0.3, -0.25) is 0 Å². The summed E-state index contributed by atoms with van der Waals surface area (Å²) in [6.45, 7) is 11.0. The molecule has 1 aliphatic rings. The van der Waals surface area contributed by atoms with Gasteiger partial charge in [-0.2, -0.15) is 0 Å². The molecule has 1 aromatic heterocycles. The van der Waals surface area contributed by atoms with E-state index < -0.39 is 0 Å². The highest BCUT2D eigenvalue weighted by molar-refractivity contribution is 5.27. The number of aromatic nitrogens is 2. The molecule has 0 saturated heterocycles. The fraction of sp³-hybridized carbons (Fsp3) is 0.778. The van der Waals surface area contributed by atoms with E-state index >= 15 is 0 Å². The predicted octanol–water partition coefficient (Wildman–Crippen LogP) is 3.34. The lowest BCUT2D eigenvalue weighted by Gasteiger charge is -2.15.